The molecule has 0 bridgehead atoms. The quantitative estimate of drug-likeness (QED) is 0.462. The molecule has 1 saturated heterocycles. The third kappa shape index (κ3) is 6.59. The Kier molecular flexibility index (Phi) is 9.23. The first-order chi connectivity index (χ1) is 17.0. The zero-order valence-corrected chi connectivity index (χ0v) is 20.9. The largest absolute Gasteiger partial charge is 0.457 e. The minimum atomic E-state index is 0.00681. The van der Waals surface area contributed by atoms with Crippen molar-refractivity contribution < 1.29 is 9.53 Å². The SMILES string of the molecule is C=CC(=O)N1CCC(CN(C)c2ncnc(N)c2-c2ccc(Oc3ccccc3)cc2)CC1.CC. The second-order valence-corrected chi connectivity index (χ2v) is 8.25. The molecule has 1 aliphatic heterocycles. The summed E-state index contributed by atoms with van der Waals surface area (Å²) in [6.07, 6.45) is 4.79. The number of ether oxygens (including phenoxy) is 1. The minimum absolute atomic E-state index is 0.00681. The number of nitrogens with zero attached hydrogens (tertiary/aromatic N) is 4. The Labute approximate surface area is 208 Å². The van der Waals surface area contributed by atoms with Crippen LogP contribution in [0.1, 0.15) is 26.7 Å². The highest BCUT2D eigenvalue weighted by Crippen LogP contribution is 2.35. The number of carbonyl (C=O) groups is 1. The van der Waals surface area contributed by atoms with Crippen molar-refractivity contribution in [1.82, 2.24) is 14.9 Å². The van der Waals surface area contributed by atoms with Crippen LogP contribution in [0.25, 0.3) is 11.1 Å². The average molecular weight is 474 g/mol. The molecule has 2 N–H and O–H groups in total. The number of hydrogen-bond acceptors (Lipinski definition) is 6. The molecule has 0 unspecified atom stereocenters. The first-order valence-corrected chi connectivity index (χ1v) is 12.1. The van der Waals surface area contributed by atoms with Crippen LogP contribution in [-0.4, -0.2) is 47.5 Å². The zero-order valence-electron chi connectivity index (χ0n) is 20.9. The van der Waals surface area contributed by atoms with Crippen molar-refractivity contribution in [3.05, 3.63) is 73.6 Å². The second kappa shape index (κ2) is 12.6. The lowest BCUT2D eigenvalue weighted by atomic mass is 9.96. The molecule has 3 aromatic rings. The monoisotopic (exact) mass is 473 g/mol. The van der Waals surface area contributed by atoms with Gasteiger partial charge in [-0.15, -0.1) is 0 Å². The summed E-state index contributed by atoms with van der Waals surface area (Å²) in [5, 5.41) is 0. The minimum Gasteiger partial charge on any atom is -0.457 e. The van der Waals surface area contributed by atoms with Gasteiger partial charge in [-0.1, -0.05) is 50.8 Å². The molecule has 0 spiro atoms. The number of anilines is 2. The van der Waals surface area contributed by atoms with Crippen molar-refractivity contribution in [2.45, 2.75) is 26.7 Å². The fourth-order valence-corrected chi connectivity index (χ4v) is 4.21. The number of amides is 1. The van der Waals surface area contributed by atoms with E-state index in [0.717, 1.165) is 60.9 Å². The Balaban J connectivity index is 0.00000167. The normalized spacial score (nSPS) is 13.4. The van der Waals surface area contributed by atoms with Gasteiger partial charge in [-0.25, -0.2) is 9.97 Å². The van der Waals surface area contributed by atoms with Gasteiger partial charge in [0.05, 0.1) is 5.56 Å². The van der Waals surface area contributed by atoms with Crippen molar-refractivity contribution in [2.75, 3.05) is 37.3 Å². The second-order valence-electron chi connectivity index (χ2n) is 8.25. The van der Waals surface area contributed by atoms with Gasteiger partial charge in [0, 0.05) is 26.7 Å². The lowest BCUT2D eigenvalue weighted by Gasteiger charge is -2.34. The summed E-state index contributed by atoms with van der Waals surface area (Å²) in [5.74, 6) is 3.24. The fraction of sp³-hybridized carbons (Fsp3) is 0.321. The van der Waals surface area contributed by atoms with Crippen molar-refractivity contribution in [3.63, 3.8) is 0 Å². The predicted octanol–water partition coefficient (Wildman–Crippen LogP) is 5.41. The van der Waals surface area contributed by atoms with E-state index in [4.69, 9.17) is 10.5 Å². The van der Waals surface area contributed by atoms with Gasteiger partial charge in [0.2, 0.25) is 5.91 Å². The van der Waals surface area contributed by atoms with Crippen molar-refractivity contribution >= 4 is 17.5 Å². The number of benzene rings is 2. The van der Waals surface area contributed by atoms with Gasteiger partial charge in [-0.05, 0) is 54.7 Å². The molecule has 7 heteroatoms. The van der Waals surface area contributed by atoms with Gasteiger partial charge in [0.25, 0.3) is 0 Å². The van der Waals surface area contributed by atoms with Crippen LogP contribution < -0.4 is 15.4 Å². The van der Waals surface area contributed by atoms with Gasteiger partial charge in [-0.3, -0.25) is 4.79 Å². The zero-order chi connectivity index (χ0) is 25.2. The van der Waals surface area contributed by atoms with E-state index in [1.807, 2.05) is 80.4 Å². The summed E-state index contributed by atoms with van der Waals surface area (Å²) in [7, 11) is 2.03. The summed E-state index contributed by atoms with van der Waals surface area (Å²) in [6.45, 7) is 9.92. The van der Waals surface area contributed by atoms with E-state index in [2.05, 4.69) is 21.4 Å². The van der Waals surface area contributed by atoms with E-state index >= 15 is 0 Å². The lowest BCUT2D eigenvalue weighted by molar-refractivity contribution is -0.127. The van der Waals surface area contributed by atoms with Crippen LogP contribution in [-0.2, 0) is 4.79 Å². The van der Waals surface area contributed by atoms with E-state index in [0.29, 0.717) is 11.7 Å². The molecule has 7 nitrogen and oxygen atoms in total. The first kappa shape index (κ1) is 25.7. The molecule has 2 aromatic carbocycles. The fourth-order valence-electron chi connectivity index (χ4n) is 4.21. The van der Waals surface area contributed by atoms with E-state index < -0.39 is 0 Å². The Morgan fingerprint density at radius 3 is 2.34 bits per heavy atom. The van der Waals surface area contributed by atoms with Crippen LogP contribution >= 0.6 is 0 Å². The molecule has 184 valence electrons. The molecule has 0 aliphatic carbocycles. The Bertz CT molecular complexity index is 1090. The van der Waals surface area contributed by atoms with Crippen molar-refractivity contribution in [1.29, 1.82) is 0 Å². The number of hydrogen-bond donors (Lipinski definition) is 1. The number of piperidine rings is 1. The highest BCUT2D eigenvalue weighted by atomic mass is 16.5. The molecule has 0 radical (unpaired) electrons. The highest BCUT2D eigenvalue weighted by molar-refractivity contribution is 5.87. The van der Waals surface area contributed by atoms with Gasteiger partial charge in [0.1, 0.15) is 29.5 Å². The maximum absolute atomic E-state index is 11.8. The highest BCUT2D eigenvalue weighted by Gasteiger charge is 2.24. The maximum Gasteiger partial charge on any atom is 0.245 e. The third-order valence-corrected chi connectivity index (χ3v) is 5.97. The Hall–Kier alpha value is -3.87. The first-order valence-electron chi connectivity index (χ1n) is 12.1. The number of nitrogens with two attached hydrogens (primary N) is 1. The topological polar surface area (TPSA) is 84.6 Å². The molecule has 4 rings (SSSR count). The standard InChI is InChI=1S/C26H29N5O2.C2H6/c1-3-23(32)31-15-13-19(14-16-31)17-30(2)26-24(25(27)28-18-29-26)20-9-11-22(12-10-20)33-21-7-5-4-6-8-21;1-2/h3-12,18-19H,1,13-17H2,2H3,(H2,27,28,29);1-2H3. The molecule has 1 fully saturated rings. The van der Waals surface area contributed by atoms with Gasteiger partial charge >= 0.3 is 0 Å². The van der Waals surface area contributed by atoms with Crippen molar-refractivity contribution in [2.24, 2.45) is 5.92 Å². The Morgan fingerprint density at radius 1 is 1.09 bits per heavy atom. The van der Waals surface area contributed by atoms with Crippen LogP contribution in [0.5, 0.6) is 11.5 Å². The number of aromatic nitrogens is 2. The number of nitrogen functional groups attached to an aromatic ring is 1. The molecule has 35 heavy (non-hydrogen) atoms. The summed E-state index contributed by atoms with van der Waals surface area (Å²) in [5.41, 5.74) is 8.03. The summed E-state index contributed by atoms with van der Waals surface area (Å²) < 4.78 is 5.90. The van der Waals surface area contributed by atoms with Crippen molar-refractivity contribution in [3.8, 4) is 22.6 Å². The van der Waals surface area contributed by atoms with E-state index in [9.17, 15) is 4.79 Å². The number of likely N-dealkylation sites (tertiary alicyclic amines) is 1. The van der Waals surface area contributed by atoms with E-state index in [-0.39, 0.29) is 5.91 Å². The molecule has 0 saturated carbocycles. The van der Waals surface area contributed by atoms with Crippen LogP contribution in [0, 0.1) is 5.92 Å². The molecule has 0 atom stereocenters. The van der Waals surface area contributed by atoms with E-state index in [1.165, 1.54) is 12.4 Å². The summed E-state index contributed by atoms with van der Waals surface area (Å²) >= 11 is 0. The van der Waals surface area contributed by atoms with E-state index in [1.54, 1.807) is 0 Å². The smallest absolute Gasteiger partial charge is 0.245 e. The summed E-state index contributed by atoms with van der Waals surface area (Å²) in [6, 6.07) is 17.5. The lowest BCUT2D eigenvalue weighted by Crippen LogP contribution is -2.40. The molecule has 1 aromatic heterocycles. The molecule has 1 amide bonds. The van der Waals surface area contributed by atoms with Crippen LogP contribution in [0.4, 0.5) is 11.6 Å². The maximum atomic E-state index is 11.8. The summed E-state index contributed by atoms with van der Waals surface area (Å²) in [4.78, 5) is 24.6. The molecular weight excluding hydrogens is 438 g/mol. The van der Waals surface area contributed by atoms with Crippen LogP contribution in [0.15, 0.2) is 73.6 Å². The third-order valence-electron chi connectivity index (χ3n) is 5.97. The van der Waals surface area contributed by atoms with Gasteiger partial charge in [0.15, 0.2) is 0 Å². The van der Waals surface area contributed by atoms with Crippen LogP contribution in [0.3, 0.4) is 0 Å². The predicted molar refractivity (Wildman–Crippen MR) is 143 cm³/mol. The average Bonchev–Trinajstić information content (AvgIpc) is 2.91. The molecular formula is C28H35N5O2. The molecule has 2 heterocycles. The number of rotatable bonds is 7. The Morgan fingerprint density at radius 2 is 1.71 bits per heavy atom. The van der Waals surface area contributed by atoms with Crippen LogP contribution in [0.2, 0.25) is 0 Å². The molecule has 1 aliphatic rings. The number of carbonyl (C=O) groups excluding carboxylic acids is 1. The van der Waals surface area contributed by atoms with Gasteiger partial charge < -0.3 is 20.3 Å². The van der Waals surface area contributed by atoms with Gasteiger partial charge in [-0.2, -0.15) is 0 Å². The number of para-hydroxylation sites is 1.